The number of nitriles is 1. The first-order valence-corrected chi connectivity index (χ1v) is 11.2. The molecule has 2 amide bonds. The fourth-order valence-electron chi connectivity index (χ4n) is 4.76. The fraction of sp³-hybridized carbons (Fsp3) is 0.524. The van der Waals surface area contributed by atoms with Gasteiger partial charge in [0, 0.05) is 61.3 Å². The van der Waals surface area contributed by atoms with Crippen molar-refractivity contribution in [1.29, 1.82) is 5.26 Å². The maximum absolute atomic E-state index is 12.4. The molecule has 4 rings (SSSR count). The number of nitrogens with zero attached hydrogens (tertiary/aromatic N) is 6. The summed E-state index contributed by atoms with van der Waals surface area (Å²) in [5.74, 6) is 1.07. The van der Waals surface area contributed by atoms with Gasteiger partial charge >= 0.3 is 11.2 Å². The Morgan fingerprint density at radius 1 is 1.27 bits per heavy atom. The first kappa shape index (κ1) is 20.7. The van der Waals surface area contributed by atoms with Gasteiger partial charge in [0.2, 0.25) is 0 Å². The van der Waals surface area contributed by atoms with Crippen LogP contribution in [0.15, 0.2) is 24.3 Å². The van der Waals surface area contributed by atoms with Crippen LogP contribution in [0.2, 0.25) is 0 Å². The number of piperazine rings is 1. The van der Waals surface area contributed by atoms with E-state index in [-0.39, 0.29) is 16.6 Å². The summed E-state index contributed by atoms with van der Waals surface area (Å²) in [5, 5.41) is 9.53. The van der Waals surface area contributed by atoms with Crippen molar-refractivity contribution in [3.05, 3.63) is 24.3 Å². The zero-order valence-electron chi connectivity index (χ0n) is 17.5. The van der Waals surface area contributed by atoms with Gasteiger partial charge in [-0.2, -0.15) is 19.1 Å². The lowest BCUT2D eigenvalue weighted by Gasteiger charge is -2.34. The Morgan fingerprint density at radius 3 is 2.53 bits per heavy atom. The summed E-state index contributed by atoms with van der Waals surface area (Å²) in [6.45, 7) is 9.02. The van der Waals surface area contributed by atoms with Gasteiger partial charge in [0.25, 0.3) is 0 Å². The van der Waals surface area contributed by atoms with Crippen molar-refractivity contribution in [2.45, 2.75) is 26.3 Å². The lowest BCUT2D eigenvalue weighted by Crippen LogP contribution is -2.59. The van der Waals surface area contributed by atoms with Crippen molar-refractivity contribution in [1.82, 2.24) is 18.7 Å². The molecule has 1 aromatic carbocycles. The first-order valence-electron chi connectivity index (χ1n) is 10.4. The number of hydrogen-bond donors (Lipinski definition) is 1. The highest BCUT2D eigenvalue weighted by Gasteiger charge is 2.52. The van der Waals surface area contributed by atoms with E-state index in [0.29, 0.717) is 30.0 Å². The number of nitrogens with two attached hydrogens (primary N) is 1. The van der Waals surface area contributed by atoms with E-state index in [2.05, 4.69) is 46.2 Å². The maximum atomic E-state index is 12.4. The predicted molar refractivity (Wildman–Crippen MR) is 119 cm³/mol. The van der Waals surface area contributed by atoms with E-state index in [9.17, 15) is 4.79 Å². The number of hydrogen-bond acceptors (Lipinski definition) is 7. The van der Waals surface area contributed by atoms with Gasteiger partial charge in [-0.05, 0) is 31.2 Å². The second-order valence-electron chi connectivity index (χ2n) is 8.45. The molecule has 1 aromatic heterocycles. The molecule has 8 nitrogen and oxygen atoms in total. The number of aromatic nitrogens is 2. The van der Waals surface area contributed by atoms with Crippen molar-refractivity contribution in [2.24, 2.45) is 11.7 Å². The molecule has 2 fully saturated rings. The number of likely N-dealkylation sites (tertiary alicyclic amines) is 1. The molecule has 3 heterocycles. The van der Waals surface area contributed by atoms with Crippen molar-refractivity contribution < 1.29 is 4.79 Å². The predicted octanol–water partition coefficient (Wildman–Crippen LogP) is 2.66. The molecule has 9 heteroatoms. The molecule has 0 aliphatic carbocycles. The number of amides is 2. The molecule has 3 atom stereocenters. The zero-order chi connectivity index (χ0) is 21.3. The highest BCUT2D eigenvalue weighted by Crippen LogP contribution is 2.39. The summed E-state index contributed by atoms with van der Waals surface area (Å²) in [6, 6.07) is 10.2. The largest absolute Gasteiger partial charge is 0.421 e. The van der Waals surface area contributed by atoms with Crippen molar-refractivity contribution in [3.63, 3.8) is 0 Å². The van der Waals surface area contributed by atoms with Crippen LogP contribution in [0.1, 0.15) is 20.3 Å². The molecular weight excluding hydrogens is 398 g/mol. The Balaban J connectivity index is 1.51. The van der Waals surface area contributed by atoms with Gasteiger partial charge in [-0.3, -0.25) is 4.90 Å². The molecule has 2 unspecified atom stereocenters. The molecule has 158 valence electrons. The van der Waals surface area contributed by atoms with Gasteiger partial charge in [-0.15, -0.1) is 0 Å². The van der Waals surface area contributed by atoms with Crippen LogP contribution in [0, 0.1) is 17.2 Å². The molecule has 0 spiro atoms. The van der Waals surface area contributed by atoms with E-state index in [0.717, 1.165) is 43.9 Å². The SMILES string of the molecule is CC1C[C@H](C)C[N+]1(C(N)=O)c1nc(-c2ccc(N3CCN(CC#N)CC3)cc2)ns1. The summed E-state index contributed by atoms with van der Waals surface area (Å²) >= 11 is 1.28. The Morgan fingerprint density at radius 2 is 1.97 bits per heavy atom. The summed E-state index contributed by atoms with van der Waals surface area (Å²) in [7, 11) is 0. The summed E-state index contributed by atoms with van der Waals surface area (Å²) in [5.41, 5.74) is 7.94. The monoisotopic (exact) mass is 426 g/mol. The van der Waals surface area contributed by atoms with Gasteiger partial charge in [0.15, 0.2) is 5.82 Å². The van der Waals surface area contributed by atoms with Crippen LogP contribution < -0.4 is 15.1 Å². The summed E-state index contributed by atoms with van der Waals surface area (Å²) in [6.07, 6.45) is 0.953. The van der Waals surface area contributed by atoms with Crippen LogP contribution in [0.5, 0.6) is 0 Å². The molecule has 2 saturated heterocycles. The van der Waals surface area contributed by atoms with Crippen molar-refractivity contribution in [3.8, 4) is 17.5 Å². The number of carbonyl (C=O) groups excluding carboxylic acids is 1. The minimum atomic E-state index is -0.347. The molecule has 0 bridgehead atoms. The average molecular weight is 427 g/mol. The molecular formula is C21H28N7OS+. The third-order valence-corrected chi connectivity index (χ3v) is 7.25. The van der Waals surface area contributed by atoms with Crippen LogP contribution in [0.25, 0.3) is 11.4 Å². The van der Waals surface area contributed by atoms with E-state index >= 15 is 0 Å². The van der Waals surface area contributed by atoms with Crippen LogP contribution in [0.4, 0.5) is 15.6 Å². The lowest BCUT2D eigenvalue weighted by molar-refractivity contribution is 0.205. The maximum Gasteiger partial charge on any atom is 0.421 e. The number of urea groups is 1. The molecule has 0 saturated carbocycles. The van der Waals surface area contributed by atoms with E-state index in [4.69, 9.17) is 16.0 Å². The molecule has 0 radical (unpaired) electrons. The molecule has 2 aromatic rings. The minimum absolute atomic E-state index is 0.101. The smallest absolute Gasteiger partial charge is 0.369 e. The number of anilines is 1. The van der Waals surface area contributed by atoms with Crippen LogP contribution in [-0.2, 0) is 0 Å². The van der Waals surface area contributed by atoms with Gasteiger partial charge in [0.1, 0.15) is 6.04 Å². The van der Waals surface area contributed by atoms with Crippen molar-refractivity contribution in [2.75, 3.05) is 44.2 Å². The molecule has 2 aliphatic rings. The average Bonchev–Trinajstić information content (AvgIpc) is 3.34. The van der Waals surface area contributed by atoms with E-state index in [1.54, 1.807) is 0 Å². The Labute approximate surface area is 181 Å². The standard InChI is InChI=1S/C21H27N7OS/c1-15-13-16(2)28(14-15,20(23)29)21-24-19(25-30-21)17-3-5-18(6-4-17)27-11-9-26(8-7-22)10-12-27/h3-6,15-16H,8-14H2,1-2H3,(H-,23,29)/p+1/t15-,16?,28?/m0/s1. The Kier molecular flexibility index (Phi) is 5.73. The van der Waals surface area contributed by atoms with Crippen LogP contribution >= 0.6 is 11.5 Å². The molecule has 2 N–H and O–H groups in total. The number of carbonyl (C=O) groups is 1. The number of primary amides is 1. The fourth-order valence-corrected chi connectivity index (χ4v) is 5.69. The quantitative estimate of drug-likeness (QED) is 0.596. The number of quaternary nitrogens is 1. The van der Waals surface area contributed by atoms with E-state index in [1.165, 1.54) is 11.5 Å². The highest BCUT2D eigenvalue weighted by atomic mass is 32.1. The third-order valence-electron chi connectivity index (χ3n) is 6.40. The first-order chi connectivity index (χ1) is 14.4. The van der Waals surface area contributed by atoms with Crippen LogP contribution in [0.3, 0.4) is 0 Å². The summed E-state index contributed by atoms with van der Waals surface area (Å²) < 4.78 is 4.65. The minimum Gasteiger partial charge on any atom is -0.369 e. The van der Waals surface area contributed by atoms with E-state index < -0.39 is 0 Å². The second-order valence-corrected chi connectivity index (χ2v) is 9.18. The van der Waals surface area contributed by atoms with Gasteiger partial charge in [0.05, 0.1) is 19.2 Å². The molecule has 2 aliphatic heterocycles. The molecule has 30 heavy (non-hydrogen) atoms. The van der Waals surface area contributed by atoms with Gasteiger partial charge in [-0.1, -0.05) is 6.92 Å². The summed E-state index contributed by atoms with van der Waals surface area (Å²) in [4.78, 5) is 21.7. The lowest BCUT2D eigenvalue weighted by atomic mass is 10.1. The van der Waals surface area contributed by atoms with Gasteiger partial charge in [-0.25, -0.2) is 4.79 Å². The van der Waals surface area contributed by atoms with Crippen molar-refractivity contribution >= 4 is 28.4 Å². The Bertz CT molecular complexity index is 945. The second kappa shape index (κ2) is 8.30. The number of rotatable bonds is 4. The Hall–Kier alpha value is -2.54. The topological polar surface area (TPSA) is 99.1 Å². The highest BCUT2D eigenvalue weighted by molar-refractivity contribution is 7.09. The normalized spacial score (nSPS) is 27.2. The van der Waals surface area contributed by atoms with E-state index in [1.807, 2.05) is 12.1 Å². The van der Waals surface area contributed by atoms with Crippen LogP contribution in [-0.4, -0.2) is 65.6 Å². The van der Waals surface area contributed by atoms with Gasteiger partial charge < -0.3 is 10.6 Å². The zero-order valence-corrected chi connectivity index (χ0v) is 18.3. The third kappa shape index (κ3) is 3.67. The number of benzene rings is 1.